The van der Waals surface area contributed by atoms with Crippen LogP contribution in [-0.4, -0.2) is 45.2 Å². The number of amides is 1. The van der Waals surface area contributed by atoms with E-state index in [-0.39, 0.29) is 0 Å². The number of carbonyl (C=O) groups excluding carboxylic acids is 1. The van der Waals surface area contributed by atoms with Gasteiger partial charge in [0.15, 0.2) is 6.10 Å². The molecule has 1 aliphatic rings. The minimum atomic E-state index is -1.46. The van der Waals surface area contributed by atoms with Crippen LogP contribution in [0.3, 0.4) is 0 Å². The van der Waals surface area contributed by atoms with Crippen molar-refractivity contribution in [3.63, 3.8) is 0 Å². The van der Waals surface area contributed by atoms with Crippen LogP contribution in [0.1, 0.15) is 37.8 Å². The monoisotopic (exact) mass is 348 g/mol. The average molecular weight is 348 g/mol. The Balaban J connectivity index is 1.66. The van der Waals surface area contributed by atoms with Crippen molar-refractivity contribution < 1.29 is 15.0 Å². The van der Waals surface area contributed by atoms with E-state index in [9.17, 15) is 15.0 Å². The third-order valence-electron chi connectivity index (χ3n) is 4.91. The number of hydrogen-bond donors (Lipinski definition) is 2. The summed E-state index contributed by atoms with van der Waals surface area (Å²) >= 11 is 1.31. The van der Waals surface area contributed by atoms with Gasteiger partial charge in [0.05, 0.1) is 10.2 Å². The smallest absolute Gasteiger partial charge is 0.254 e. The molecule has 6 heteroatoms. The molecule has 2 aromatic rings. The third-order valence-corrected chi connectivity index (χ3v) is 6.02. The molecule has 24 heavy (non-hydrogen) atoms. The number of hydrogen-bond acceptors (Lipinski definition) is 5. The average Bonchev–Trinajstić information content (AvgIpc) is 3.04. The Bertz CT molecular complexity index is 674. The number of rotatable bonds is 4. The van der Waals surface area contributed by atoms with Gasteiger partial charge in [-0.1, -0.05) is 26.0 Å². The molecular weight excluding hydrogens is 324 g/mol. The normalized spacial score (nSPS) is 19.0. The zero-order valence-corrected chi connectivity index (χ0v) is 14.9. The van der Waals surface area contributed by atoms with E-state index in [1.165, 1.54) is 11.3 Å². The summed E-state index contributed by atoms with van der Waals surface area (Å²) in [5.74, 6) is 0.838. The Hall–Kier alpha value is -1.50. The van der Waals surface area contributed by atoms with Gasteiger partial charge in [-0.15, -0.1) is 11.3 Å². The molecule has 0 spiro atoms. The zero-order chi connectivity index (χ0) is 17.3. The van der Waals surface area contributed by atoms with E-state index in [0.29, 0.717) is 29.9 Å². The molecule has 0 bridgehead atoms. The number of piperidine rings is 1. The summed E-state index contributed by atoms with van der Waals surface area (Å²) < 4.78 is 0.934. The largest absolute Gasteiger partial charge is 0.383 e. The molecule has 2 heterocycles. The van der Waals surface area contributed by atoms with Crippen LogP contribution in [0.4, 0.5) is 0 Å². The SMILES string of the molecule is CC(C)C1CCN(C(=O)C(O)C(O)c2nc3ccccc3s2)CC1. The molecule has 2 unspecified atom stereocenters. The number of fused-ring (bicyclic) bond motifs is 1. The molecule has 1 amide bonds. The molecule has 5 nitrogen and oxygen atoms in total. The van der Waals surface area contributed by atoms with Gasteiger partial charge >= 0.3 is 0 Å². The Morgan fingerprint density at radius 1 is 1.25 bits per heavy atom. The van der Waals surface area contributed by atoms with Gasteiger partial charge in [-0.2, -0.15) is 0 Å². The Labute approximate surface area is 145 Å². The highest BCUT2D eigenvalue weighted by Crippen LogP contribution is 2.30. The summed E-state index contributed by atoms with van der Waals surface area (Å²) in [6, 6.07) is 7.54. The van der Waals surface area contributed by atoms with E-state index in [4.69, 9.17) is 0 Å². The molecule has 1 aliphatic heterocycles. The van der Waals surface area contributed by atoms with Crippen molar-refractivity contribution in [3.05, 3.63) is 29.3 Å². The first-order valence-electron chi connectivity index (χ1n) is 8.47. The minimum absolute atomic E-state index is 0.383. The first-order valence-corrected chi connectivity index (χ1v) is 9.29. The molecule has 130 valence electrons. The number of aliphatic hydroxyl groups is 2. The molecular formula is C18H24N2O3S. The highest BCUT2D eigenvalue weighted by molar-refractivity contribution is 7.18. The van der Waals surface area contributed by atoms with E-state index >= 15 is 0 Å². The van der Waals surface area contributed by atoms with Gasteiger partial charge in [-0.25, -0.2) is 4.98 Å². The van der Waals surface area contributed by atoms with Crippen LogP contribution in [0.25, 0.3) is 10.2 Å². The fourth-order valence-electron chi connectivity index (χ4n) is 3.26. The molecule has 3 rings (SSSR count). The van der Waals surface area contributed by atoms with Crippen molar-refractivity contribution in [1.82, 2.24) is 9.88 Å². The maximum atomic E-state index is 12.5. The molecule has 0 radical (unpaired) electrons. The molecule has 0 aliphatic carbocycles. The minimum Gasteiger partial charge on any atom is -0.383 e. The van der Waals surface area contributed by atoms with Crippen LogP contribution in [0.5, 0.6) is 0 Å². The van der Waals surface area contributed by atoms with E-state index < -0.39 is 18.1 Å². The lowest BCUT2D eigenvalue weighted by molar-refractivity contribution is -0.148. The van der Waals surface area contributed by atoms with Gasteiger partial charge in [-0.3, -0.25) is 4.79 Å². The fraction of sp³-hybridized carbons (Fsp3) is 0.556. The van der Waals surface area contributed by atoms with Crippen molar-refractivity contribution >= 4 is 27.5 Å². The Kier molecular flexibility index (Phi) is 5.18. The number of para-hydroxylation sites is 1. The van der Waals surface area contributed by atoms with Crippen LogP contribution in [0.15, 0.2) is 24.3 Å². The standard InChI is InChI=1S/C18H24N2O3S/c1-11(2)12-7-9-20(10-8-12)18(23)16(22)15(21)17-19-13-5-3-4-6-14(13)24-17/h3-6,11-12,15-16,21-22H,7-10H2,1-2H3. The molecule has 2 atom stereocenters. The van der Waals surface area contributed by atoms with Crippen LogP contribution < -0.4 is 0 Å². The van der Waals surface area contributed by atoms with Gasteiger partial charge in [0.25, 0.3) is 5.91 Å². The van der Waals surface area contributed by atoms with Gasteiger partial charge in [-0.05, 0) is 36.8 Å². The van der Waals surface area contributed by atoms with Crippen molar-refractivity contribution in [3.8, 4) is 0 Å². The molecule has 1 saturated heterocycles. The third kappa shape index (κ3) is 3.45. The highest BCUT2D eigenvalue weighted by atomic mass is 32.1. The molecule has 2 N–H and O–H groups in total. The van der Waals surface area contributed by atoms with Crippen LogP contribution >= 0.6 is 11.3 Å². The maximum absolute atomic E-state index is 12.5. The summed E-state index contributed by atoms with van der Waals surface area (Å²) in [5.41, 5.74) is 0.772. The predicted molar refractivity (Wildman–Crippen MR) is 94.7 cm³/mol. The number of aliphatic hydroxyl groups excluding tert-OH is 2. The first-order chi connectivity index (χ1) is 11.5. The lowest BCUT2D eigenvalue weighted by atomic mass is 9.86. The van der Waals surface area contributed by atoms with Crippen LogP contribution in [0, 0.1) is 11.8 Å². The second-order valence-corrected chi connectivity index (χ2v) is 7.88. The van der Waals surface area contributed by atoms with Gasteiger partial charge in [0.1, 0.15) is 11.1 Å². The zero-order valence-electron chi connectivity index (χ0n) is 14.1. The summed E-state index contributed by atoms with van der Waals surface area (Å²) in [7, 11) is 0. The lowest BCUT2D eigenvalue weighted by Crippen LogP contribution is -2.46. The second kappa shape index (κ2) is 7.17. The van der Waals surface area contributed by atoms with Crippen molar-refractivity contribution in [2.75, 3.05) is 13.1 Å². The number of thiazole rings is 1. The lowest BCUT2D eigenvalue weighted by Gasteiger charge is -2.35. The van der Waals surface area contributed by atoms with Crippen molar-refractivity contribution in [2.24, 2.45) is 11.8 Å². The number of likely N-dealkylation sites (tertiary alicyclic amines) is 1. The van der Waals surface area contributed by atoms with E-state index in [2.05, 4.69) is 18.8 Å². The van der Waals surface area contributed by atoms with Crippen LogP contribution in [-0.2, 0) is 4.79 Å². The summed E-state index contributed by atoms with van der Waals surface area (Å²) in [6.07, 6.45) is -0.834. The Morgan fingerprint density at radius 2 is 1.92 bits per heavy atom. The summed E-state index contributed by atoms with van der Waals surface area (Å²) in [4.78, 5) is 18.5. The first kappa shape index (κ1) is 17.3. The number of nitrogens with zero attached hydrogens (tertiary/aromatic N) is 2. The van der Waals surface area contributed by atoms with E-state index in [0.717, 1.165) is 23.1 Å². The number of benzene rings is 1. The Morgan fingerprint density at radius 3 is 2.54 bits per heavy atom. The quantitative estimate of drug-likeness (QED) is 0.891. The molecule has 1 fully saturated rings. The number of carbonyl (C=O) groups is 1. The van der Waals surface area contributed by atoms with Crippen LogP contribution in [0.2, 0.25) is 0 Å². The maximum Gasteiger partial charge on any atom is 0.254 e. The summed E-state index contributed by atoms with van der Waals surface area (Å²) in [5, 5.41) is 21.1. The molecule has 1 aromatic carbocycles. The van der Waals surface area contributed by atoms with E-state index in [1.54, 1.807) is 4.90 Å². The second-order valence-electron chi connectivity index (χ2n) is 6.82. The van der Waals surface area contributed by atoms with Crippen molar-refractivity contribution in [2.45, 2.75) is 38.9 Å². The van der Waals surface area contributed by atoms with Gasteiger partial charge < -0.3 is 15.1 Å². The predicted octanol–water partition coefficient (Wildman–Crippen LogP) is 2.59. The van der Waals surface area contributed by atoms with Gasteiger partial charge in [0, 0.05) is 13.1 Å². The van der Waals surface area contributed by atoms with Crippen molar-refractivity contribution in [1.29, 1.82) is 0 Å². The highest BCUT2D eigenvalue weighted by Gasteiger charge is 2.33. The van der Waals surface area contributed by atoms with E-state index in [1.807, 2.05) is 24.3 Å². The number of aromatic nitrogens is 1. The van der Waals surface area contributed by atoms with Gasteiger partial charge in [0.2, 0.25) is 0 Å². The molecule has 0 saturated carbocycles. The molecule has 1 aromatic heterocycles. The topological polar surface area (TPSA) is 73.7 Å². The summed E-state index contributed by atoms with van der Waals surface area (Å²) in [6.45, 7) is 5.69. The fourth-order valence-corrected chi connectivity index (χ4v) is 4.24.